The Morgan fingerprint density at radius 3 is 2.69 bits per heavy atom. The van der Waals surface area contributed by atoms with Crippen molar-refractivity contribution in [3.63, 3.8) is 0 Å². The van der Waals surface area contributed by atoms with Gasteiger partial charge in [0.05, 0.1) is 17.9 Å². The number of aromatic nitrogens is 3. The van der Waals surface area contributed by atoms with Crippen molar-refractivity contribution in [3.05, 3.63) is 70.6 Å². The zero-order valence-electron chi connectivity index (χ0n) is 18.8. The van der Waals surface area contributed by atoms with Crippen molar-refractivity contribution in [2.45, 2.75) is 38.8 Å². The zero-order chi connectivity index (χ0) is 25.6. The van der Waals surface area contributed by atoms with E-state index in [1.54, 1.807) is 6.92 Å². The summed E-state index contributed by atoms with van der Waals surface area (Å²) in [6, 6.07) is 6.23. The summed E-state index contributed by atoms with van der Waals surface area (Å²) < 4.78 is 44.4. The standard InChI is InChI=1S/C24H21F3N4O4/c1-14-6-7-17(10-18(14)24(25,26)27)30-23(34)22-12-19(31-35-22)15(2)9-21(33)20-11-16(28-13-29-20)5-3-4-8-32/h6-7,10-13,15,32H,4,8-9H2,1-2H3,(H,30,34)/t15-/m0/s1. The summed E-state index contributed by atoms with van der Waals surface area (Å²) in [5.41, 5.74) is -0.0517. The molecule has 3 aromatic rings. The van der Waals surface area contributed by atoms with E-state index in [0.29, 0.717) is 11.4 Å². The van der Waals surface area contributed by atoms with E-state index < -0.39 is 23.6 Å². The highest BCUT2D eigenvalue weighted by atomic mass is 19.4. The molecule has 0 bridgehead atoms. The first-order valence-corrected chi connectivity index (χ1v) is 10.5. The zero-order valence-corrected chi connectivity index (χ0v) is 18.8. The van der Waals surface area contributed by atoms with Crippen LogP contribution < -0.4 is 5.32 Å². The molecule has 0 radical (unpaired) electrons. The lowest BCUT2D eigenvalue weighted by Gasteiger charge is -2.12. The van der Waals surface area contributed by atoms with Crippen molar-refractivity contribution in [1.82, 2.24) is 15.1 Å². The Balaban J connectivity index is 1.66. The highest BCUT2D eigenvalue weighted by molar-refractivity contribution is 6.02. The molecule has 2 aromatic heterocycles. The molecule has 1 amide bonds. The monoisotopic (exact) mass is 486 g/mol. The average Bonchev–Trinajstić information content (AvgIpc) is 3.31. The van der Waals surface area contributed by atoms with Gasteiger partial charge in [-0.1, -0.05) is 24.1 Å². The molecule has 2 N–H and O–H groups in total. The number of benzene rings is 1. The van der Waals surface area contributed by atoms with Crippen LogP contribution in [0.5, 0.6) is 0 Å². The predicted molar refractivity (Wildman–Crippen MR) is 119 cm³/mol. The van der Waals surface area contributed by atoms with E-state index in [0.717, 1.165) is 6.07 Å². The number of anilines is 1. The summed E-state index contributed by atoms with van der Waals surface area (Å²) in [5, 5.41) is 15.0. The molecular weight excluding hydrogens is 465 g/mol. The molecule has 2 heterocycles. The fourth-order valence-corrected chi connectivity index (χ4v) is 3.10. The van der Waals surface area contributed by atoms with Crippen LogP contribution in [0, 0.1) is 18.8 Å². The van der Waals surface area contributed by atoms with E-state index in [1.807, 2.05) is 0 Å². The molecule has 3 rings (SSSR count). The first-order valence-electron chi connectivity index (χ1n) is 10.5. The lowest BCUT2D eigenvalue weighted by molar-refractivity contribution is -0.138. The van der Waals surface area contributed by atoms with Crippen LogP contribution in [-0.4, -0.2) is 38.5 Å². The summed E-state index contributed by atoms with van der Waals surface area (Å²) in [6.45, 7) is 2.95. The molecule has 0 saturated heterocycles. The number of aliphatic hydroxyl groups excluding tert-OH is 1. The Hall–Kier alpha value is -4.04. The molecule has 11 heteroatoms. The molecule has 0 aliphatic heterocycles. The van der Waals surface area contributed by atoms with Gasteiger partial charge >= 0.3 is 6.18 Å². The van der Waals surface area contributed by atoms with Crippen LogP contribution in [-0.2, 0) is 6.18 Å². The van der Waals surface area contributed by atoms with E-state index in [1.165, 1.54) is 37.5 Å². The third-order valence-corrected chi connectivity index (χ3v) is 4.96. The summed E-state index contributed by atoms with van der Waals surface area (Å²) in [6.07, 6.45) is -3.06. The molecular formula is C24H21F3N4O4. The second-order valence-corrected chi connectivity index (χ2v) is 7.69. The quantitative estimate of drug-likeness (QED) is 0.380. The normalized spacial score (nSPS) is 11.9. The molecule has 0 aliphatic carbocycles. The van der Waals surface area contributed by atoms with E-state index in [2.05, 4.69) is 32.3 Å². The number of halogens is 3. The Bertz CT molecular complexity index is 1290. The van der Waals surface area contributed by atoms with Gasteiger partial charge in [-0.25, -0.2) is 9.97 Å². The number of alkyl halides is 3. The van der Waals surface area contributed by atoms with Gasteiger partial charge in [0.15, 0.2) is 5.78 Å². The number of carbonyl (C=O) groups excluding carboxylic acids is 2. The van der Waals surface area contributed by atoms with Crippen LogP contribution in [0.3, 0.4) is 0 Å². The van der Waals surface area contributed by atoms with Crippen molar-refractivity contribution >= 4 is 17.4 Å². The Morgan fingerprint density at radius 1 is 1.20 bits per heavy atom. The van der Waals surface area contributed by atoms with Gasteiger partial charge in [-0.15, -0.1) is 0 Å². The van der Waals surface area contributed by atoms with Gasteiger partial charge < -0.3 is 14.9 Å². The minimum Gasteiger partial charge on any atom is -0.395 e. The maximum atomic E-state index is 13.1. The number of aryl methyl sites for hydroxylation is 1. The molecule has 0 aliphatic rings. The van der Waals surface area contributed by atoms with Gasteiger partial charge in [0.25, 0.3) is 5.91 Å². The Kier molecular flexibility index (Phi) is 7.98. The summed E-state index contributed by atoms with van der Waals surface area (Å²) in [7, 11) is 0. The van der Waals surface area contributed by atoms with Crippen molar-refractivity contribution < 1.29 is 32.4 Å². The maximum absolute atomic E-state index is 13.1. The van der Waals surface area contributed by atoms with E-state index in [4.69, 9.17) is 9.63 Å². The lowest BCUT2D eigenvalue weighted by atomic mass is 9.99. The molecule has 8 nitrogen and oxygen atoms in total. The number of aliphatic hydroxyl groups is 1. The van der Waals surface area contributed by atoms with E-state index in [-0.39, 0.29) is 47.9 Å². The smallest absolute Gasteiger partial charge is 0.395 e. The van der Waals surface area contributed by atoms with Gasteiger partial charge in [0.1, 0.15) is 17.7 Å². The number of hydrogen-bond donors (Lipinski definition) is 2. The van der Waals surface area contributed by atoms with Crippen LogP contribution >= 0.6 is 0 Å². The van der Waals surface area contributed by atoms with Crippen molar-refractivity contribution in [2.24, 2.45) is 0 Å². The summed E-state index contributed by atoms with van der Waals surface area (Å²) >= 11 is 0. The third kappa shape index (κ3) is 6.74. The van der Waals surface area contributed by atoms with Gasteiger partial charge in [-0.2, -0.15) is 13.2 Å². The highest BCUT2D eigenvalue weighted by Crippen LogP contribution is 2.33. The minimum absolute atomic E-state index is 0.00101. The summed E-state index contributed by atoms with van der Waals surface area (Å²) in [4.78, 5) is 33.0. The van der Waals surface area contributed by atoms with Gasteiger partial charge in [-0.3, -0.25) is 9.59 Å². The van der Waals surface area contributed by atoms with Crippen molar-refractivity contribution in [3.8, 4) is 11.8 Å². The second kappa shape index (κ2) is 10.9. The number of carbonyl (C=O) groups is 2. The second-order valence-electron chi connectivity index (χ2n) is 7.69. The number of nitrogens with zero attached hydrogens (tertiary/aromatic N) is 3. The largest absolute Gasteiger partial charge is 0.416 e. The molecule has 35 heavy (non-hydrogen) atoms. The van der Waals surface area contributed by atoms with Crippen LogP contribution in [0.25, 0.3) is 0 Å². The Morgan fingerprint density at radius 2 is 1.97 bits per heavy atom. The first-order chi connectivity index (χ1) is 16.6. The summed E-state index contributed by atoms with van der Waals surface area (Å²) in [5.74, 6) is 3.70. The van der Waals surface area contributed by atoms with Crippen LogP contribution in [0.15, 0.2) is 41.2 Å². The first kappa shape index (κ1) is 25.6. The number of Topliss-reactive ketones (excluding diaryl/α,β-unsaturated/α-hetero) is 1. The molecule has 0 spiro atoms. The van der Waals surface area contributed by atoms with Crippen LogP contribution in [0.4, 0.5) is 18.9 Å². The fourth-order valence-electron chi connectivity index (χ4n) is 3.10. The highest BCUT2D eigenvalue weighted by Gasteiger charge is 2.32. The molecule has 0 fully saturated rings. The number of nitrogens with one attached hydrogen (secondary N) is 1. The fraction of sp³-hybridized carbons (Fsp3) is 0.292. The number of ketones is 1. The van der Waals surface area contributed by atoms with Crippen LogP contribution in [0.1, 0.15) is 69.2 Å². The lowest BCUT2D eigenvalue weighted by Crippen LogP contribution is -2.13. The van der Waals surface area contributed by atoms with Crippen molar-refractivity contribution in [1.29, 1.82) is 0 Å². The van der Waals surface area contributed by atoms with Crippen LogP contribution in [0.2, 0.25) is 0 Å². The van der Waals surface area contributed by atoms with Crippen molar-refractivity contribution in [2.75, 3.05) is 11.9 Å². The molecule has 0 saturated carbocycles. The van der Waals surface area contributed by atoms with Gasteiger partial charge in [0.2, 0.25) is 5.76 Å². The SMILES string of the molecule is Cc1ccc(NC(=O)c2cc([C@@H](C)CC(=O)c3cc(C#CCCO)ncn3)no2)cc1C(F)(F)F. The minimum atomic E-state index is -4.55. The molecule has 1 aromatic carbocycles. The maximum Gasteiger partial charge on any atom is 0.416 e. The van der Waals surface area contributed by atoms with E-state index >= 15 is 0 Å². The average molecular weight is 486 g/mol. The predicted octanol–water partition coefficient (Wildman–Crippen LogP) is 4.15. The number of hydrogen-bond acceptors (Lipinski definition) is 7. The molecule has 182 valence electrons. The van der Waals surface area contributed by atoms with Gasteiger partial charge in [-0.05, 0) is 30.5 Å². The molecule has 1 atom stereocenters. The van der Waals surface area contributed by atoms with Gasteiger partial charge in [0, 0.05) is 36.6 Å². The third-order valence-electron chi connectivity index (χ3n) is 4.96. The number of rotatable bonds is 7. The topological polar surface area (TPSA) is 118 Å². The Labute approximate surface area is 198 Å². The molecule has 0 unspecified atom stereocenters. The van der Waals surface area contributed by atoms with E-state index in [9.17, 15) is 22.8 Å². The number of amides is 1.